The van der Waals surface area contributed by atoms with Gasteiger partial charge in [0, 0.05) is 7.05 Å². The van der Waals surface area contributed by atoms with Gasteiger partial charge in [0.2, 0.25) is 10.0 Å². The smallest absolute Gasteiger partial charge is 0.272 e. The third-order valence-corrected chi connectivity index (χ3v) is 4.88. The first-order valence-electron chi connectivity index (χ1n) is 4.87. The third-order valence-electron chi connectivity index (χ3n) is 2.78. The van der Waals surface area contributed by atoms with Crippen LogP contribution in [0.5, 0.6) is 0 Å². The molecular formula is C10H10F3NO2S. The minimum Gasteiger partial charge on any atom is -0.272 e. The summed E-state index contributed by atoms with van der Waals surface area (Å²) in [6, 6.07) is 6.06. The highest BCUT2D eigenvalue weighted by Gasteiger charge is 2.46. The molecule has 17 heavy (non-hydrogen) atoms. The van der Waals surface area contributed by atoms with Crippen LogP contribution in [0.2, 0.25) is 0 Å². The minimum absolute atomic E-state index is 0.215. The Labute approximate surface area is 96.9 Å². The molecule has 0 saturated carbocycles. The molecule has 3 nitrogen and oxygen atoms in total. The molecule has 1 aliphatic rings. The van der Waals surface area contributed by atoms with Crippen LogP contribution in [0.3, 0.4) is 0 Å². The summed E-state index contributed by atoms with van der Waals surface area (Å²) in [6.45, 7) is 0. The van der Waals surface area contributed by atoms with Crippen LogP contribution in [0, 0.1) is 0 Å². The van der Waals surface area contributed by atoms with Crippen molar-refractivity contribution in [2.24, 2.45) is 0 Å². The zero-order chi connectivity index (χ0) is 12.8. The Kier molecular flexibility index (Phi) is 2.61. The van der Waals surface area contributed by atoms with Crippen LogP contribution in [-0.2, 0) is 10.0 Å². The average molecular weight is 265 g/mol. The van der Waals surface area contributed by atoms with Crippen molar-refractivity contribution in [2.45, 2.75) is 17.8 Å². The maximum Gasteiger partial charge on any atom is 0.390 e. The number of benzene rings is 1. The molecule has 0 saturated heterocycles. The summed E-state index contributed by atoms with van der Waals surface area (Å²) in [5.74, 6) is 0. The highest BCUT2D eigenvalue weighted by molar-refractivity contribution is 7.93. The maximum atomic E-state index is 12.4. The largest absolute Gasteiger partial charge is 0.390 e. The Balaban J connectivity index is 2.52. The van der Waals surface area contributed by atoms with Gasteiger partial charge in [-0.1, -0.05) is 18.2 Å². The topological polar surface area (TPSA) is 37.4 Å². The summed E-state index contributed by atoms with van der Waals surface area (Å²) in [5.41, 5.74) is 0.536. The number of hydrogen-bond donors (Lipinski definition) is 0. The minimum atomic E-state index is -4.50. The number of rotatable bonds is 1. The molecule has 0 fully saturated rings. The number of hydrogen-bond acceptors (Lipinski definition) is 2. The van der Waals surface area contributed by atoms with Crippen molar-refractivity contribution in [1.82, 2.24) is 0 Å². The summed E-state index contributed by atoms with van der Waals surface area (Å²) < 4.78 is 61.8. The van der Waals surface area contributed by atoms with E-state index < -0.39 is 27.9 Å². The second-order valence-corrected chi connectivity index (χ2v) is 6.03. The quantitative estimate of drug-likeness (QED) is 0.782. The Morgan fingerprint density at radius 2 is 1.88 bits per heavy atom. The second kappa shape index (κ2) is 3.63. The SMILES string of the molecule is CN1c2ccccc2C(CC(F)(F)F)S1(=O)=O. The molecular weight excluding hydrogens is 255 g/mol. The van der Waals surface area contributed by atoms with Gasteiger partial charge in [0.1, 0.15) is 5.25 Å². The number of nitrogens with zero attached hydrogens (tertiary/aromatic N) is 1. The van der Waals surface area contributed by atoms with Gasteiger partial charge in [-0.3, -0.25) is 4.31 Å². The number of anilines is 1. The molecule has 94 valence electrons. The molecule has 0 spiro atoms. The van der Waals surface area contributed by atoms with Crippen molar-refractivity contribution in [3.63, 3.8) is 0 Å². The Morgan fingerprint density at radius 1 is 1.29 bits per heavy atom. The first kappa shape index (κ1) is 12.2. The summed E-state index contributed by atoms with van der Waals surface area (Å²) >= 11 is 0. The highest BCUT2D eigenvalue weighted by atomic mass is 32.2. The van der Waals surface area contributed by atoms with E-state index in [0.29, 0.717) is 5.69 Å². The van der Waals surface area contributed by atoms with E-state index in [2.05, 4.69) is 0 Å². The summed E-state index contributed by atoms with van der Waals surface area (Å²) in [5, 5.41) is -1.52. The first-order chi connectivity index (χ1) is 7.73. The summed E-state index contributed by atoms with van der Waals surface area (Å²) in [7, 11) is -2.68. The van der Waals surface area contributed by atoms with Crippen LogP contribution in [0.4, 0.5) is 18.9 Å². The van der Waals surface area contributed by atoms with Crippen molar-refractivity contribution in [3.8, 4) is 0 Å². The maximum absolute atomic E-state index is 12.4. The zero-order valence-corrected chi connectivity index (χ0v) is 9.72. The van der Waals surface area contributed by atoms with Crippen molar-refractivity contribution >= 4 is 15.7 Å². The van der Waals surface area contributed by atoms with Gasteiger partial charge in [0.25, 0.3) is 0 Å². The molecule has 1 heterocycles. The van der Waals surface area contributed by atoms with E-state index in [1.807, 2.05) is 0 Å². The fourth-order valence-electron chi connectivity index (χ4n) is 1.96. The molecule has 0 amide bonds. The van der Waals surface area contributed by atoms with Crippen LogP contribution in [0.25, 0.3) is 0 Å². The van der Waals surface area contributed by atoms with Crippen molar-refractivity contribution in [2.75, 3.05) is 11.4 Å². The van der Waals surface area contributed by atoms with E-state index in [4.69, 9.17) is 0 Å². The number of alkyl halides is 3. The molecule has 0 aliphatic carbocycles. The monoisotopic (exact) mass is 265 g/mol. The predicted molar refractivity (Wildman–Crippen MR) is 57.2 cm³/mol. The van der Waals surface area contributed by atoms with E-state index in [1.165, 1.54) is 25.2 Å². The van der Waals surface area contributed by atoms with Crippen LogP contribution < -0.4 is 4.31 Å². The normalized spacial score (nSPS) is 22.6. The molecule has 7 heteroatoms. The van der Waals surface area contributed by atoms with E-state index in [9.17, 15) is 21.6 Å². The van der Waals surface area contributed by atoms with Crippen LogP contribution in [0.1, 0.15) is 17.2 Å². The van der Waals surface area contributed by atoms with Crippen molar-refractivity contribution in [1.29, 1.82) is 0 Å². The van der Waals surface area contributed by atoms with Crippen LogP contribution in [0.15, 0.2) is 24.3 Å². The van der Waals surface area contributed by atoms with E-state index in [0.717, 1.165) is 4.31 Å². The summed E-state index contributed by atoms with van der Waals surface area (Å²) in [6.07, 6.45) is -5.85. The molecule has 2 rings (SSSR count). The van der Waals surface area contributed by atoms with Gasteiger partial charge in [-0.2, -0.15) is 13.2 Å². The van der Waals surface area contributed by atoms with E-state index in [1.54, 1.807) is 6.07 Å². The van der Waals surface area contributed by atoms with Crippen LogP contribution in [-0.4, -0.2) is 21.6 Å². The van der Waals surface area contributed by atoms with Gasteiger partial charge < -0.3 is 0 Å². The average Bonchev–Trinajstić information content (AvgIpc) is 2.39. The van der Waals surface area contributed by atoms with Gasteiger partial charge in [0.05, 0.1) is 12.1 Å². The Hall–Kier alpha value is -1.24. The fourth-order valence-corrected chi connectivity index (χ4v) is 3.70. The summed E-state index contributed by atoms with van der Waals surface area (Å²) in [4.78, 5) is 0. The van der Waals surface area contributed by atoms with Crippen molar-refractivity contribution < 1.29 is 21.6 Å². The van der Waals surface area contributed by atoms with Gasteiger partial charge in [0.15, 0.2) is 0 Å². The molecule has 0 radical (unpaired) electrons. The lowest BCUT2D eigenvalue weighted by Crippen LogP contribution is -2.26. The predicted octanol–water partition coefficient (Wildman–Crippen LogP) is 2.46. The standard InChI is InChI=1S/C10H10F3NO2S/c1-14-8-5-3-2-4-7(8)9(17(14,15)16)6-10(11,12)13/h2-5,9H,6H2,1H3. The van der Waals surface area contributed by atoms with Gasteiger partial charge in [-0.25, -0.2) is 8.42 Å². The van der Waals surface area contributed by atoms with Gasteiger partial charge in [-0.05, 0) is 11.6 Å². The molecule has 1 aliphatic heterocycles. The fraction of sp³-hybridized carbons (Fsp3) is 0.400. The lowest BCUT2D eigenvalue weighted by Gasteiger charge is -2.15. The molecule has 0 bridgehead atoms. The molecule has 1 aromatic rings. The van der Waals surface area contributed by atoms with E-state index >= 15 is 0 Å². The Morgan fingerprint density at radius 3 is 2.47 bits per heavy atom. The van der Waals surface area contributed by atoms with E-state index in [-0.39, 0.29) is 5.56 Å². The number of fused-ring (bicyclic) bond motifs is 1. The van der Waals surface area contributed by atoms with Crippen molar-refractivity contribution in [3.05, 3.63) is 29.8 Å². The molecule has 1 unspecified atom stereocenters. The lowest BCUT2D eigenvalue weighted by atomic mass is 10.1. The molecule has 0 N–H and O–H groups in total. The highest BCUT2D eigenvalue weighted by Crippen LogP contribution is 2.46. The number of sulfonamides is 1. The van der Waals surface area contributed by atoms with Gasteiger partial charge in [-0.15, -0.1) is 0 Å². The Bertz CT molecular complexity index is 539. The zero-order valence-electron chi connectivity index (χ0n) is 8.90. The molecule has 1 atom stereocenters. The second-order valence-electron chi connectivity index (χ2n) is 3.88. The lowest BCUT2D eigenvalue weighted by molar-refractivity contribution is -0.134. The first-order valence-corrected chi connectivity index (χ1v) is 6.37. The molecule has 0 aromatic heterocycles. The molecule has 1 aromatic carbocycles. The number of para-hydroxylation sites is 1. The van der Waals surface area contributed by atoms with Crippen LogP contribution >= 0.6 is 0 Å². The van der Waals surface area contributed by atoms with Gasteiger partial charge >= 0.3 is 6.18 Å². The third kappa shape index (κ3) is 1.99. The number of halogens is 3.